The molecule has 3 aromatic rings. The zero-order valence-electron chi connectivity index (χ0n) is 18.0. The Morgan fingerprint density at radius 3 is 2.48 bits per heavy atom. The van der Waals surface area contributed by atoms with E-state index >= 15 is 0 Å². The highest BCUT2D eigenvalue weighted by Crippen LogP contribution is 2.26. The van der Waals surface area contributed by atoms with Crippen molar-refractivity contribution in [1.82, 2.24) is 24.9 Å². The Hall–Kier alpha value is -3.29. The van der Waals surface area contributed by atoms with Crippen LogP contribution in [0.5, 0.6) is 0 Å². The summed E-state index contributed by atoms with van der Waals surface area (Å²) in [5.74, 6) is 0.600. The molecule has 1 aromatic carbocycles. The topological polar surface area (TPSA) is 75.9 Å². The number of piperidine rings is 1. The van der Waals surface area contributed by atoms with Gasteiger partial charge in [-0.2, -0.15) is 15.0 Å². The fourth-order valence-corrected chi connectivity index (χ4v) is 3.97. The zero-order chi connectivity index (χ0) is 22.0. The van der Waals surface area contributed by atoms with Gasteiger partial charge in [0, 0.05) is 18.7 Å². The zero-order valence-corrected chi connectivity index (χ0v) is 18.0. The van der Waals surface area contributed by atoms with Gasteiger partial charge in [-0.25, -0.2) is 9.37 Å². The summed E-state index contributed by atoms with van der Waals surface area (Å²) < 4.78 is 13.1. The van der Waals surface area contributed by atoms with Gasteiger partial charge in [0.05, 0.1) is 29.3 Å². The summed E-state index contributed by atoms with van der Waals surface area (Å²) in [6.07, 6.45) is 3.23. The third-order valence-electron chi connectivity index (χ3n) is 5.95. The van der Waals surface area contributed by atoms with Crippen molar-refractivity contribution in [1.29, 1.82) is 0 Å². The highest BCUT2D eigenvalue weighted by atomic mass is 19.1. The second-order valence-corrected chi connectivity index (χ2v) is 8.14. The number of halogens is 1. The summed E-state index contributed by atoms with van der Waals surface area (Å²) in [5.41, 5.74) is 3.23. The lowest BCUT2D eigenvalue weighted by Gasteiger charge is -2.40. The molecular formula is C23H27FN6O. The molecule has 4 rings (SSSR count). The van der Waals surface area contributed by atoms with E-state index in [1.165, 1.54) is 12.3 Å². The molecule has 31 heavy (non-hydrogen) atoms. The Morgan fingerprint density at radius 2 is 1.84 bits per heavy atom. The van der Waals surface area contributed by atoms with Gasteiger partial charge in [0.1, 0.15) is 11.6 Å². The van der Waals surface area contributed by atoms with Crippen molar-refractivity contribution >= 4 is 11.7 Å². The number of carbonyl (C=O) groups excluding carboxylic acids is 1. The first-order valence-electron chi connectivity index (χ1n) is 10.6. The summed E-state index contributed by atoms with van der Waals surface area (Å²) in [6.45, 7) is 7.29. The van der Waals surface area contributed by atoms with Crippen LogP contribution < -0.4 is 5.32 Å². The normalized spacial score (nSPS) is 18.8. The van der Waals surface area contributed by atoms with Crippen molar-refractivity contribution in [2.24, 2.45) is 5.92 Å². The van der Waals surface area contributed by atoms with Crippen LogP contribution >= 0.6 is 0 Å². The molecule has 1 aliphatic rings. The minimum Gasteiger partial charge on any atom is -0.368 e. The van der Waals surface area contributed by atoms with Gasteiger partial charge in [-0.15, -0.1) is 0 Å². The smallest absolute Gasteiger partial charge is 0.254 e. The van der Waals surface area contributed by atoms with E-state index in [4.69, 9.17) is 0 Å². The number of carbonyl (C=O) groups is 1. The van der Waals surface area contributed by atoms with Crippen LogP contribution in [-0.2, 0) is 0 Å². The number of hydrogen-bond acceptors (Lipinski definition) is 5. The van der Waals surface area contributed by atoms with E-state index in [0.29, 0.717) is 30.4 Å². The summed E-state index contributed by atoms with van der Waals surface area (Å²) in [4.78, 5) is 20.9. The van der Waals surface area contributed by atoms with Gasteiger partial charge in [0.2, 0.25) is 0 Å². The molecule has 0 unspecified atom stereocenters. The van der Waals surface area contributed by atoms with E-state index in [1.54, 1.807) is 10.9 Å². The molecule has 162 valence electrons. The summed E-state index contributed by atoms with van der Waals surface area (Å²) in [7, 11) is 0. The maximum absolute atomic E-state index is 13.3. The number of aromatic nitrogens is 4. The molecule has 1 saturated heterocycles. The van der Waals surface area contributed by atoms with E-state index in [9.17, 15) is 9.18 Å². The predicted octanol–water partition coefficient (Wildman–Crippen LogP) is 3.77. The first kappa shape index (κ1) is 21.0. The molecule has 0 spiro atoms. The van der Waals surface area contributed by atoms with Gasteiger partial charge in [-0.05, 0) is 69.0 Å². The van der Waals surface area contributed by atoms with Crippen molar-refractivity contribution in [3.05, 3.63) is 65.4 Å². The van der Waals surface area contributed by atoms with E-state index in [1.807, 2.05) is 43.0 Å². The fraction of sp³-hybridized carbons (Fsp3) is 0.391. The largest absolute Gasteiger partial charge is 0.368 e. The average Bonchev–Trinajstić information content (AvgIpc) is 3.12. The van der Waals surface area contributed by atoms with Crippen molar-refractivity contribution < 1.29 is 9.18 Å². The van der Waals surface area contributed by atoms with Crippen molar-refractivity contribution in [2.45, 2.75) is 39.7 Å². The number of anilines is 1. The van der Waals surface area contributed by atoms with Gasteiger partial charge in [0.25, 0.3) is 5.91 Å². The molecular weight excluding hydrogens is 395 g/mol. The van der Waals surface area contributed by atoms with E-state index in [-0.39, 0.29) is 17.8 Å². The molecule has 0 aliphatic carbocycles. The predicted molar refractivity (Wildman–Crippen MR) is 117 cm³/mol. The summed E-state index contributed by atoms with van der Waals surface area (Å²) in [6, 6.07) is 10.4. The number of benzene rings is 1. The minimum absolute atomic E-state index is 0.0118. The number of aryl methyl sites for hydroxylation is 2. The molecule has 2 atom stereocenters. The van der Waals surface area contributed by atoms with Crippen LogP contribution in [0.4, 0.5) is 10.2 Å². The molecule has 1 N–H and O–H groups in total. The summed E-state index contributed by atoms with van der Waals surface area (Å²) >= 11 is 0. The molecule has 1 aliphatic heterocycles. The van der Waals surface area contributed by atoms with Crippen LogP contribution in [0.15, 0.2) is 42.6 Å². The van der Waals surface area contributed by atoms with Gasteiger partial charge in [-0.3, -0.25) is 4.79 Å². The number of hydrogen-bond donors (Lipinski definition) is 1. The number of nitrogens with zero attached hydrogens (tertiary/aromatic N) is 5. The number of rotatable bonds is 5. The lowest BCUT2D eigenvalue weighted by atomic mass is 9.90. The lowest BCUT2D eigenvalue weighted by Crippen LogP contribution is -2.51. The van der Waals surface area contributed by atoms with Gasteiger partial charge in [-0.1, -0.05) is 6.92 Å². The van der Waals surface area contributed by atoms with Crippen LogP contribution in [-0.4, -0.2) is 49.9 Å². The van der Waals surface area contributed by atoms with Crippen molar-refractivity contribution in [3.63, 3.8) is 0 Å². The maximum atomic E-state index is 13.3. The third kappa shape index (κ3) is 4.57. The fourth-order valence-electron chi connectivity index (χ4n) is 3.97. The Balaban J connectivity index is 1.48. The molecule has 1 fully saturated rings. The molecule has 1 amide bonds. The third-order valence-corrected chi connectivity index (χ3v) is 5.95. The quantitative estimate of drug-likeness (QED) is 0.677. The Labute approximate surface area is 181 Å². The standard InChI is InChI=1S/C23H27FN6O/c1-15-5-4-12-29(21(15)14-26-22-11-8-19(24)13-25-22)23(31)18-6-9-20(10-7-18)30-27-16(2)17(3)28-30/h6-11,13,15,21H,4-5,12,14H2,1-3H3,(H,25,26)/t15-,21-/m1/s1. The number of likely N-dealkylation sites (tertiary alicyclic amines) is 1. The van der Waals surface area contributed by atoms with Crippen LogP contribution in [0.1, 0.15) is 41.5 Å². The van der Waals surface area contributed by atoms with Crippen LogP contribution in [0.3, 0.4) is 0 Å². The van der Waals surface area contributed by atoms with Crippen LogP contribution in [0.25, 0.3) is 5.69 Å². The van der Waals surface area contributed by atoms with Crippen molar-refractivity contribution in [3.8, 4) is 5.69 Å². The number of amides is 1. The summed E-state index contributed by atoms with van der Waals surface area (Å²) in [5, 5.41) is 12.1. The second-order valence-electron chi connectivity index (χ2n) is 8.14. The molecule has 7 nitrogen and oxygen atoms in total. The first-order valence-corrected chi connectivity index (χ1v) is 10.6. The van der Waals surface area contributed by atoms with Crippen LogP contribution in [0.2, 0.25) is 0 Å². The van der Waals surface area contributed by atoms with Gasteiger partial charge < -0.3 is 10.2 Å². The Kier molecular flexibility index (Phi) is 5.97. The van der Waals surface area contributed by atoms with E-state index < -0.39 is 0 Å². The monoisotopic (exact) mass is 422 g/mol. The Morgan fingerprint density at radius 1 is 1.13 bits per heavy atom. The van der Waals surface area contributed by atoms with Crippen LogP contribution in [0, 0.1) is 25.6 Å². The molecule has 2 aromatic heterocycles. The first-order chi connectivity index (χ1) is 14.9. The van der Waals surface area contributed by atoms with E-state index in [0.717, 1.165) is 29.9 Å². The van der Waals surface area contributed by atoms with Gasteiger partial charge >= 0.3 is 0 Å². The van der Waals surface area contributed by atoms with Crippen molar-refractivity contribution in [2.75, 3.05) is 18.4 Å². The lowest BCUT2D eigenvalue weighted by molar-refractivity contribution is 0.0540. The molecule has 8 heteroatoms. The minimum atomic E-state index is -0.368. The van der Waals surface area contributed by atoms with Gasteiger partial charge in [0.15, 0.2) is 0 Å². The molecule has 0 saturated carbocycles. The second kappa shape index (κ2) is 8.83. The average molecular weight is 423 g/mol. The molecule has 0 radical (unpaired) electrons. The highest BCUT2D eigenvalue weighted by molar-refractivity contribution is 5.94. The maximum Gasteiger partial charge on any atom is 0.254 e. The number of pyridine rings is 1. The SMILES string of the molecule is Cc1nn(-c2ccc(C(=O)N3CCC[C@@H](C)[C@H]3CNc3ccc(F)cn3)cc2)nc1C. The Bertz CT molecular complexity index is 1030. The highest BCUT2D eigenvalue weighted by Gasteiger charge is 2.32. The molecule has 3 heterocycles. The number of nitrogens with one attached hydrogen (secondary N) is 1. The molecule has 0 bridgehead atoms. The van der Waals surface area contributed by atoms with E-state index in [2.05, 4.69) is 27.4 Å².